The van der Waals surface area contributed by atoms with E-state index in [1.807, 2.05) is 6.07 Å². The molecule has 1 N–H and O–H groups in total. The summed E-state index contributed by atoms with van der Waals surface area (Å²) in [5.41, 5.74) is 0.707. The third-order valence-electron chi connectivity index (χ3n) is 5.44. The van der Waals surface area contributed by atoms with Crippen LogP contribution in [-0.2, 0) is 11.3 Å². The van der Waals surface area contributed by atoms with Crippen LogP contribution in [0.4, 0.5) is 5.69 Å². The van der Waals surface area contributed by atoms with Crippen LogP contribution in [0.1, 0.15) is 42.1 Å². The van der Waals surface area contributed by atoms with E-state index in [1.165, 1.54) is 22.4 Å². The molecule has 8 nitrogen and oxygen atoms in total. The molecule has 1 aliphatic rings. The van der Waals surface area contributed by atoms with Crippen molar-refractivity contribution in [3.05, 3.63) is 43.9 Å². The number of aromatic nitrogens is 2. The molecule has 0 spiro atoms. The zero-order valence-corrected chi connectivity index (χ0v) is 17.4. The zero-order valence-electron chi connectivity index (χ0n) is 16.6. The van der Waals surface area contributed by atoms with E-state index in [-0.39, 0.29) is 24.2 Å². The van der Waals surface area contributed by atoms with Gasteiger partial charge in [-0.05, 0) is 57.1 Å². The first-order chi connectivity index (χ1) is 13.4. The van der Waals surface area contributed by atoms with Crippen LogP contribution in [-0.4, -0.2) is 45.1 Å². The van der Waals surface area contributed by atoms with Gasteiger partial charge in [0.15, 0.2) is 0 Å². The lowest BCUT2D eigenvalue weighted by Crippen LogP contribution is -2.42. The molecule has 152 valence electrons. The third kappa shape index (κ3) is 4.59. The van der Waals surface area contributed by atoms with E-state index < -0.39 is 4.92 Å². The molecule has 1 amide bonds. The Morgan fingerprint density at radius 1 is 1.43 bits per heavy atom. The second-order valence-electron chi connectivity index (χ2n) is 7.49. The van der Waals surface area contributed by atoms with Gasteiger partial charge in [0, 0.05) is 11.4 Å². The van der Waals surface area contributed by atoms with Crippen LogP contribution in [0.25, 0.3) is 0 Å². The molecule has 0 saturated carbocycles. The second-order valence-corrected chi connectivity index (χ2v) is 8.47. The number of hydrogen-bond acceptors (Lipinski definition) is 6. The highest BCUT2D eigenvalue weighted by atomic mass is 32.1. The van der Waals surface area contributed by atoms with E-state index >= 15 is 0 Å². The van der Waals surface area contributed by atoms with E-state index in [0.717, 1.165) is 19.0 Å². The van der Waals surface area contributed by atoms with Gasteiger partial charge in [0.2, 0.25) is 5.91 Å². The molecule has 0 aromatic carbocycles. The van der Waals surface area contributed by atoms with Crippen LogP contribution in [0.5, 0.6) is 0 Å². The van der Waals surface area contributed by atoms with E-state index in [4.69, 9.17) is 0 Å². The molecule has 1 aliphatic heterocycles. The Balaban J connectivity index is 1.64. The topological polar surface area (TPSA) is 93.3 Å². The third-order valence-corrected chi connectivity index (χ3v) is 6.42. The molecule has 1 saturated heterocycles. The molecule has 0 bridgehead atoms. The van der Waals surface area contributed by atoms with E-state index in [9.17, 15) is 14.9 Å². The number of aryl methyl sites for hydroxylation is 1. The molecule has 0 radical (unpaired) electrons. The van der Waals surface area contributed by atoms with E-state index in [2.05, 4.69) is 33.7 Å². The van der Waals surface area contributed by atoms with Gasteiger partial charge < -0.3 is 5.32 Å². The average molecular weight is 406 g/mol. The smallest absolute Gasteiger partial charge is 0.312 e. The number of carbonyl (C=O) groups is 1. The summed E-state index contributed by atoms with van der Waals surface area (Å²) in [6.07, 6.45) is 2.34. The summed E-state index contributed by atoms with van der Waals surface area (Å²) < 4.78 is 1.41. The van der Waals surface area contributed by atoms with Crippen molar-refractivity contribution < 1.29 is 9.72 Å². The van der Waals surface area contributed by atoms with E-state index in [1.54, 1.807) is 25.2 Å². The van der Waals surface area contributed by atoms with Crippen molar-refractivity contribution in [1.29, 1.82) is 0 Å². The molecule has 3 rings (SSSR count). The molecular weight excluding hydrogens is 378 g/mol. The number of nitrogens with one attached hydrogen (secondary N) is 1. The molecular formula is C19H27N5O3S. The minimum absolute atomic E-state index is 0.0191. The van der Waals surface area contributed by atoms with Crippen LogP contribution in [0.3, 0.4) is 0 Å². The molecule has 0 aliphatic carbocycles. The lowest BCUT2D eigenvalue weighted by Gasteiger charge is -2.36. The largest absolute Gasteiger partial charge is 0.353 e. The number of hydrogen-bond donors (Lipinski definition) is 1. The predicted molar refractivity (Wildman–Crippen MR) is 108 cm³/mol. The molecule has 28 heavy (non-hydrogen) atoms. The Morgan fingerprint density at radius 3 is 2.71 bits per heavy atom. The van der Waals surface area contributed by atoms with Gasteiger partial charge in [-0.25, -0.2) is 0 Å². The fourth-order valence-corrected chi connectivity index (χ4v) is 4.60. The van der Waals surface area contributed by atoms with Crippen LogP contribution >= 0.6 is 11.3 Å². The predicted octanol–water partition coefficient (Wildman–Crippen LogP) is 3.06. The van der Waals surface area contributed by atoms with Gasteiger partial charge in [0.05, 0.1) is 11.0 Å². The number of amides is 1. The molecule has 2 aromatic rings. The normalized spacial score (nSPS) is 16.8. The van der Waals surface area contributed by atoms with Crippen molar-refractivity contribution in [1.82, 2.24) is 20.0 Å². The summed E-state index contributed by atoms with van der Waals surface area (Å²) in [4.78, 5) is 26.9. The van der Waals surface area contributed by atoms with Crippen molar-refractivity contribution in [2.75, 3.05) is 19.6 Å². The highest BCUT2D eigenvalue weighted by Crippen LogP contribution is 2.29. The number of carbonyl (C=O) groups excluding carboxylic acids is 1. The molecule has 1 atom stereocenters. The molecule has 1 fully saturated rings. The van der Waals surface area contributed by atoms with Crippen LogP contribution in [0.15, 0.2) is 17.5 Å². The minimum Gasteiger partial charge on any atom is -0.353 e. The summed E-state index contributed by atoms with van der Waals surface area (Å²) >= 11 is 1.71. The van der Waals surface area contributed by atoms with Crippen LogP contribution < -0.4 is 5.32 Å². The SMILES string of the molecule is Cc1nn(CC(=O)NCC(c2cccs2)N2CCC(C)CC2)c(C)c1[N+](=O)[O-]. The molecule has 2 aromatic heterocycles. The first-order valence-electron chi connectivity index (χ1n) is 9.59. The van der Waals surface area contributed by atoms with Crippen molar-refractivity contribution in [2.45, 2.75) is 46.2 Å². The number of nitrogens with zero attached hydrogens (tertiary/aromatic N) is 4. The number of rotatable bonds is 7. The monoisotopic (exact) mass is 405 g/mol. The Hall–Kier alpha value is -2.26. The first-order valence-corrected chi connectivity index (χ1v) is 10.5. The average Bonchev–Trinajstić information content (AvgIpc) is 3.25. The van der Waals surface area contributed by atoms with Gasteiger partial charge >= 0.3 is 5.69 Å². The van der Waals surface area contributed by atoms with Gasteiger partial charge in [0.1, 0.15) is 17.9 Å². The highest BCUT2D eigenvalue weighted by Gasteiger charge is 2.26. The summed E-state index contributed by atoms with van der Waals surface area (Å²) in [7, 11) is 0. The van der Waals surface area contributed by atoms with Crippen LogP contribution in [0.2, 0.25) is 0 Å². The fourth-order valence-electron chi connectivity index (χ4n) is 3.74. The lowest BCUT2D eigenvalue weighted by molar-refractivity contribution is -0.386. The maximum Gasteiger partial charge on any atom is 0.312 e. The first kappa shape index (κ1) is 20.5. The molecule has 3 heterocycles. The van der Waals surface area contributed by atoms with Gasteiger partial charge in [-0.3, -0.25) is 24.5 Å². The van der Waals surface area contributed by atoms with Crippen LogP contribution in [0, 0.1) is 29.9 Å². The van der Waals surface area contributed by atoms with Gasteiger partial charge in [0.25, 0.3) is 0 Å². The maximum atomic E-state index is 12.5. The van der Waals surface area contributed by atoms with Gasteiger partial charge in [-0.15, -0.1) is 11.3 Å². The zero-order chi connectivity index (χ0) is 20.3. The highest BCUT2D eigenvalue weighted by molar-refractivity contribution is 7.10. The lowest BCUT2D eigenvalue weighted by atomic mass is 9.97. The summed E-state index contributed by atoms with van der Waals surface area (Å²) in [6.45, 7) is 8.06. The Kier molecular flexibility index (Phi) is 6.46. The summed E-state index contributed by atoms with van der Waals surface area (Å²) in [5.74, 6) is 0.559. The van der Waals surface area contributed by atoms with Crippen molar-refractivity contribution in [2.24, 2.45) is 5.92 Å². The van der Waals surface area contributed by atoms with Gasteiger partial charge in [-0.2, -0.15) is 5.10 Å². The molecule has 1 unspecified atom stereocenters. The van der Waals surface area contributed by atoms with E-state index in [0.29, 0.717) is 17.9 Å². The van der Waals surface area contributed by atoms with Crippen molar-refractivity contribution in [3.63, 3.8) is 0 Å². The Morgan fingerprint density at radius 2 is 2.14 bits per heavy atom. The number of thiophene rings is 1. The number of piperidine rings is 1. The number of nitro groups is 1. The minimum atomic E-state index is -0.448. The summed E-state index contributed by atoms with van der Waals surface area (Å²) in [6, 6.07) is 4.31. The molecule has 9 heteroatoms. The van der Waals surface area contributed by atoms with Crippen molar-refractivity contribution >= 4 is 22.9 Å². The summed E-state index contributed by atoms with van der Waals surface area (Å²) in [5, 5.41) is 20.4. The Bertz CT molecular complexity index is 825. The Labute approximate surface area is 168 Å². The maximum absolute atomic E-state index is 12.5. The second kappa shape index (κ2) is 8.83. The van der Waals surface area contributed by atoms with Gasteiger partial charge in [-0.1, -0.05) is 13.0 Å². The quantitative estimate of drug-likeness (QED) is 0.564. The standard InChI is InChI=1S/C19H27N5O3S/c1-13-6-8-22(9-7-13)16(17-5-4-10-28-17)11-20-18(25)12-23-15(3)19(24(26)27)14(2)21-23/h4-5,10,13,16H,6-9,11-12H2,1-3H3,(H,20,25). The number of likely N-dealkylation sites (tertiary alicyclic amines) is 1. The fraction of sp³-hybridized carbons (Fsp3) is 0.579. The van der Waals surface area contributed by atoms with Crippen molar-refractivity contribution in [3.8, 4) is 0 Å².